The summed E-state index contributed by atoms with van der Waals surface area (Å²) in [4.78, 5) is 0. The first-order valence-corrected chi connectivity index (χ1v) is 6.90. The van der Waals surface area contributed by atoms with Crippen LogP contribution in [0, 0.1) is 11.3 Å². The van der Waals surface area contributed by atoms with Gasteiger partial charge in [0.05, 0.1) is 0 Å². The van der Waals surface area contributed by atoms with Gasteiger partial charge >= 0.3 is 0 Å². The Kier molecular flexibility index (Phi) is 5.83. The lowest BCUT2D eigenvalue weighted by Gasteiger charge is -2.28. The molecule has 0 aliphatic heterocycles. The summed E-state index contributed by atoms with van der Waals surface area (Å²) in [6.07, 6.45) is 0.942. The van der Waals surface area contributed by atoms with Crippen LogP contribution >= 0.6 is 0 Å². The third kappa shape index (κ3) is 5.65. The van der Waals surface area contributed by atoms with Gasteiger partial charge in [0, 0.05) is 12.6 Å². The summed E-state index contributed by atoms with van der Waals surface area (Å²) >= 11 is 0. The molecule has 1 aromatic rings. The summed E-state index contributed by atoms with van der Waals surface area (Å²) in [5, 5.41) is 3.49. The van der Waals surface area contributed by atoms with Crippen LogP contribution in [0.5, 0.6) is 0 Å². The highest BCUT2D eigenvalue weighted by molar-refractivity contribution is 5.15. The number of nitrogens with two attached hydrogens (primary N) is 1. The molecule has 18 heavy (non-hydrogen) atoms. The fourth-order valence-corrected chi connectivity index (χ4v) is 1.78. The summed E-state index contributed by atoms with van der Waals surface area (Å²) < 4.78 is 0. The second kappa shape index (κ2) is 6.91. The molecule has 0 amide bonds. The zero-order chi connectivity index (χ0) is 13.6. The van der Waals surface area contributed by atoms with Crippen LogP contribution in [0.4, 0.5) is 0 Å². The summed E-state index contributed by atoms with van der Waals surface area (Å²) in [5.74, 6) is 0.654. The van der Waals surface area contributed by atoms with Crippen LogP contribution in [0.1, 0.15) is 33.3 Å². The number of nitrogens with one attached hydrogen (secondary N) is 1. The molecule has 0 spiro atoms. The van der Waals surface area contributed by atoms with Crippen molar-refractivity contribution < 1.29 is 0 Å². The Hall–Kier alpha value is -0.860. The van der Waals surface area contributed by atoms with Crippen LogP contribution in [-0.2, 0) is 6.42 Å². The Morgan fingerprint density at radius 1 is 1.11 bits per heavy atom. The summed E-state index contributed by atoms with van der Waals surface area (Å²) in [6.45, 7) is 11.0. The van der Waals surface area contributed by atoms with Crippen molar-refractivity contribution in [2.45, 2.75) is 40.2 Å². The first-order chi connectivity index (χ1) is 8.39. The van der Waals surface area contributed by atoms with Gasteiger partial charge in [-0.3, -0.25) is 0 Å². The van der Waals surface area contributed by atoms with E-state index in [9.17, 15) is 0 Å². The van der Waals surface area contributed by atoms with Crippen molar-refractivity contribution in [3.05, 3.63) is 35.9 Å². The molecule has 1 aromatic carbocycles. The lowest BCUT2D eigenvalue weighted by Crippen LogP contribution is -2.39. The van der Waals surface area contributed by atoms with E-state index in [0.717, 1.165) is 19.5 Å². The lowest BCUT2D eigenvalue weighted by atomic mass is 9.82. The van der Waals surface area contributed by atoms with E-state index < -0.39 is 0 Å². The number of rotatable bonds is 6. The Morgan fingerprint density at radius 2 is 1.72 bits per heavy atom. The van der Waals surface area contributed by atoms with Gasteiger partial charge in [0.2, 0.25) is 0 Å². The van der Waals surface area contributed by atoms with Crippen molar-refractivity contribution in [3.63, 3.8) is 0 Å². The van der Waals surface area contributed by atoms with Gasteiger partial charge in [0.1, 0.15) is 0 Å². The van der Waals surface area contributed by atoms with E-state index in [2.05, 4.69) is 57.3 Å². The predicted molar refractivity (Wildman–Crippen MR) is 79.6 cm³/mol. The molecule has 0 bridgehead atoms. The van der Waals surface area contributed by atoms with Crippen LogP contribution in [-0.4, -0.2) is 19.1 Å². The molecule has 0 saturated heterocycles. The normalized spacial score (nSPS) is 15.4. The van der Waals surface area contributed by atoms with Crippen LogP contribution in [0.2, 0.25) is 0 Å². The molecule has 3 N–H and O–H groups in total. The van der Waals surface area contributed by atoms with Crippen molar-refractivity contribution in [1.82, 2.24) is 5.32 Å². The maximum absolute atomic E-state index is 6.14. The van der Waals surface area contributed by atoms with Crippen molar-refractivity contribution in [3.8, 4) is 0 Å². The van der Waals surface area contributed by atoms with E-state index in [1.54, 1.807) is 0 Å². The fraction of sp³-hybridized carbons (Fsp3) is 0.625. The van der Waals surface area contributed by atoms with Gasteiger partial charge in [-0.05, 0) is 29.9 Å². The van der Waals surface area contributed by atoms with E-state index in [1.807, 2.05) is 6.07 Å². The minimum Gasteiger partial charge on any atom is -0.326 e. The molecule has 0 aliphatic carbocycles. The van der Waals surface area contributed by atoms with E-state index in [1.165, 1.54) is 5.56 Å². The zero-order valence-electron chi connectivity index (χ0n) is 12.2. The van der Waals surface area contributed by atoms with Gasteiger partial charge in [0.15, 0.2) is 0 Å². The molecule has 0 aliphatic rings. The first-order valence-electron chi connectivity index (χ1n) is 6.90. The molecule has 2 nitrogen and oxygen atoms in total. The molecule has 2 heteroatoms. The van der Waals surface area contributed by atoms with Crippen LogP contribution in [0.15, 0.2) is 30.3 Å². The molecule has 0 radical (unpaired) electrons. The number of benzene rings is 1. The summed E-state index contributed by atoms with van der Waals surface area (Å²) in [5.41, 5.74) is 7.81. The number of hydrogen-bond donors (Lipinski definition) is 2. The highest BCUT2D eigenvalue weighted by Crippen LogP contribution is 2.24. The van der Waals surface area contributed by atoms with Gasteiger partial charge in [-0.2, -0.15) is 0 Å². The fourth-order valence-electron chi connectivity index (χ4n) is 1.78. The molecule has 2 unspecified atom stereocenters. The summed E-state index contributed by atoms with van der Waals surface area (Å²) in [7, 11) is 0. The smallest absolute Gasteiger partial charge is 0.0206 e. The Balaban J connectivity index is 2.24. The molecule has 0 fully saturated rings. The lowest BCUT2D eigenvalue weighted by molar-refractivity contribution is 0.252. The first kappa shape index (κ1) is 15.2. The Bertz CT molecular complexity index is 327. The van der Waals surface area contributed by atoms with E-state index in [4.69, 9.17) is 5.73 Å². The van der Waals surface area contributed by atoms with E-state index >= 15 is 0 Å². The van der Waals surface area contributed by atoms with Gasteiger partial charge in [-0.25, -0.2) is 0 Å². The van der Waals surface area contributed by atoms with Crippen LogP contribution in [0.3, 0.4) is 0 Å². The molecule has 0 saturated carbocycles. The van der Waals surface area contributed by atoms with Crippen molar-refractivity contribution in [1.29, 1.82) is 0 Å². The van der Waals surface area contributed by atoms with Crippen molar-refractivity contribution >= 4 is 0 Å². The SMILES string of the molecule is CC(CNCC(N)Cc1ccccc1)C(C)(C)C. The third-order valence-corrected chi connectivity index (χ3v) is 3.68. The topological polar surface area (TPSA) is 38.0 Å². The van der Waals surface area contributed by atoms with Gasteiger partial charge in [0.25, 0.3) is 0 Å². The largest absolute Gasteiger partial charge is 0.326 e. The van der Waals surface area contributed by atoms with Crippen molar-refractivity contribution in [2.24, 2.45) is 17.1 Å². The van der Waals surface area contributed by atoms with Crippen LogP contribution in [0.25, 0.3) is 0 Å². The second-order valence-corrected chi connectivity index (χ2v) is 6.38. The monoisotopic (exact) mass is 248 g/mol. The minimum atomic E-state index is 0.194. The van der Waals surface area contributed by atoms with Crippen molar-refractivity contribution in [2.75, 3.05) is 13.1 Å². The minimum absolute atomic E-state index is 0.194. The standard InChI is InChI=1S/C16H28N2/c1-13(16(2,3)4)11-18-12-15(17)10-14-8-6-5-7-9-14/h5-9,13,15,18H,10-12,17H2,1-4H3. The highest BCUT2D eigenvalue weighted by atomic mass is 14.9. The molecule has 1 rings (SSSR count). The molecule has 2 atom stereocenters. The molecule has 0 heterocycles. The molecule has 0 aromatic heterocycles. The number of hydrogen-bond acceptors (Lipinski definition) is 2. The molecular weight excluding hydrogens is 220 g/mol. The predicted octanol–water partition coefficient (Wildman–Crippen LogP) is 2.83. The van der Waals surface area contributed by atoms with Gasteiger partial charge in [-0.15, -0.1) is 0 Å². The molecule has 102 valence electrons. The van der Waals surface area contributed by atoms with E-state index in [-0.39, 0.29) is 6.04 Å². The highest BCUT2D eigenvalue weighted by Gasteiger charge is 2.19. The molecular formula is C16H28N2. The average Bonchev–Trinajstić information content (AvgIpc) is 2.28. The zero-order valence-corrected chi connectivity index (χ0v) is 12.2. The quantitative estimate of drug-likeness (QED) is 0.812. The maximum atomic E-state index is 6.14. The van der Waals surface area contributed by atoms with Gasteiger partial charge < -0.3 is 11.1 Å². The Morgan fingerprint density at radius 3 is 2.28 bits per heavy atom. The maximum Gasteiger partial charge on any atom is 0.0206 e. The third-order valence-electron chi connectivity index (χ3n) is 3.68. The Labute approximate surface area is 112 Å². The van der Waals surface area contributed by atoms with E-state index in [0.29, 0.717) is 11.3 Å². The second-order valence-electron chi connectivity index (χ2n) is 6.38. The van der Waals surface area contributed by atoms with Gasteiger partial charge in [-0.1, -0.05) is 58.0 Å². The van der Waals surface area contributed by atoms with Crippen LogP contribution < -0.4 is 11.1 Å². The average molecular weight is 248 g/mol. The summed E-state index contributed by atoms with van der Waals surface area (Å²) in [6, 6.07) is 10.6.